The highest BCUT2D eigenvalue weighted by atomic mass is 35.5. The van der Waals surface area contributed by atoms with Gasteiger partial charge in [-0.1, -0.05) is 53.2 Å². The maximum Gasteiger partial charge on any atom is 0.255 e. The third-order valence-corrected chi connectivity index (χ3v) is 5.93. The van der Waals surface area contributed by atoms with Crippen molar-refractivity contribution in [2.24, 2.45) is 0 Å². The zero-order valence-electron chi connectivity index (χ0n) is 19.9. The lowest BCUT2D eigenvalue weighted by Gasteiger charge is -2.19. The Morgan fingerprint density at radius 3 is 2.47 bits per heavy atom. The Bertz CT molecular complexity index is 1430. The Labute approximate surface area is 220 Å². The van der Waals surface area contributed by atoms with Crippen molar-refractivity contribution in [3.05, 3.63) is 99.2 Å². The second kappa shape index (κ2) is 11.5. The minimum atomic E-state index is -0.480. The van der Waals surface area contributed by atoms with Gasteiger partial charge in [0.15, 0.2) is 0 Å². The standard InChI is InChI=1S/C29H26Cl2N2O3/c1-18(2)36-28-10-9-19(7-8-20-11-22(30)15-23(31)12-20)13-26(28)29(35)33-24(17-34)14-21-16-32-27-6-4-3-5-25(21)27/h3-6,9-13,15-16,18,24,32,34H,14,17H2,1-2H3,(H,33,35). The third kappa shape index (κ3) is 6.41. The number of rotatable bonds is 7. The zero-order chi connectivity index (χ0) is 25.7. The predicted octanol–water partition coefficient (Wildman–Crippen LogP) is 6.00. The number of hydrogen-bond donors (Lipinski definition) is 3. The maximum atomic E-state index is 13.3. The number of halogens is 2. The molecule has 0 aliphatic heterocycles. The van der Waals surface area contributed by atoms with Gasteiger partial charge in [-0.2, -0.15) is 0 Å². The number of aliphatic hydroxyl groups excluding tert-OH is 1. The highest BCUT2D eigenvalue weighted by Gasteiger charge is 2.19. The van der Waals surface area contributed by atoms with Crippen LogP contribution in [0.5, 0.6) is 5.75 Å². The van der Waals surface area contributed by atoms with E-state index < -0.39 is 6.04 Å². The largest absolute Gasteiger partial charge is 0.490 e. The van der Waals surface area contributed by atoms with Crippen molar-refractivity contribution in [3.63, 3.8) is 0 Å². The van der Waals surface area contributed by atoms with Crippen LogP contribution in [0.2, 0.25) is 10.0 Å². The molecule has 1 unspecified atom stereocenters. The number of aromatic amines is 1. The number of ether oxygens (including phenoxy) is 1. The van der Waals surface area contributed by atoms with E-state index in [9.17, 15) is 9.90 Å². The number of carbonyl (C=O) groups excluding carboxylic acids is 1. The molecular formula is C29H26Cl2N2O3. The van der Waals surface area contributed by atoms with Crippen molar-refractivity contribution in [1.29, 1.82) is 0 Å². The van der Waals surface area contributed by atoms with Gasteiger partial charge in [-0.25, -0.2) is 0 Å². The Morgan fingerprint density at radius 2 is 1.75 bits per heavy atom. The minimum Gasteiger partial charge on any atom is -0.490 e. The fourth-order valence-corrected chi connectivity index (χ4v) is 4.43. The summed E-state index contributed by atoms with van der Waals surface area (Å²) in [5, 5.41) is 15.0. The van der Waals surface area contributed by atoms with E-state index in [1.807, 2.05) is 44.3 Å². The molecule has 1 atom stereocenters. The lowest BCUT2D eigenvalue weighted by Crippen LogP contribution is -2.39. The van der Waals surface area contributed by atoms with Gasteiger partial charge in [-0.15, -0.1) is 0 Å². The molecule has 4 aromatic rings. The average molecular weight is 521 g/mol. The first-order valence-corrected chi connectivity index (χ1v) is 12.3. The molecule has 3 aromatic carbocycles. The quantitative estimate of drug-likeness (QED) is 0.262. The van der Waals surface area contributed by atoms with Crippen LogP contribution >= 0.6 is 23.2 Å². The van der Waals surface area contributed by atoms with E-state index in [0.29, 0.717) is 38.9 Å². The van der Waals surface area contributed by atoms with E-state index in [2.05, 4.69) is 22.1 Å². The van der Waals surface area contributed by atoms with Gasteiger partial charge in [0.05, 0.1) is 24.3 Å². The van der Waals surface area contributed by atoms with Gasteiger partial charge >= 0.3 is 0 Å². The van der Waals surface area contributed by atoms with Crippen molar-refractivity contribution in [1.82, 2.24) is 10.3 Å². The second-order valence-electron chi connectivity index (χ2n) is 8.70. The van der Waals surface area contributed by atoms with Gasteiger partial charge in [0.2, 0.25) is 0 Å². The molecule has 0 saturated carbocycles. The number of aromatic nitrogens is 1. The fraction of sp³-hybridized carbons (Fsp3) is 0.207. The monoisotopic (exact) mass is 520 g/mol. The molecule has 1 amide bonds. The lowest BCUT2D eigenvalue weighted by atomic mass is 10.0. The van der Waals surface area contributed by atoms with E-state index in [1.54, 1.807) is 36.4 Å². The van der Waals surface area contributed by atoms with Crippen LogP contribution in [0, 0.1) is 11.8 Å². The van der Waals surface area contributed by atoms with Crippen LogP contribution in [0.15, 0.2) is 66.9 Å². The first-order valence-electron chi connectivity index (χ1n) is 11.6. The second-order valence-corrected chi connectivity index (χ2v) is 9.58. The number of carbonyl (C=O) groups is 1. The third-order valence-electron chi connectivity index (χ3n) is 5.50. The number of hydrogen-bond acceptors (Lipinski definition) is 3. The van der Waals surface area contributed by atoms with Crippen molar-refractivity contribution in [3.8, 4) is 17.6 Å². The fourth-order valence-electron chi connectivity index (χ4n) is 3.90. The molecule has 36 heavy (non-hydrogen) atoms. The molecule has 3 N–H and O–H groups in total. The topological polar surface area (TPSA) is 74.3 Å². The molecule has 7 heteroatoms. The van der Waals surface area contributed by atoms with Crippen LogP contribution in [-0.4, -0.2) is 34.8 Å². The predicted molar refractivity (Wildman–Crippen MR) is 145 cm³/mol. The summed E-state index contributed by atoms with van der Waals surface area (Å²) < 4.78 is 5.88. The summed E-state index contributed by atoms with van der Waals surface area (Å²) in [4.78, 5) is 16.6. The summed E-state index contributed by atoms with van der Waals surface area (Å²) in [6.45, 7) is 3.58. The lowest BCUT2D eigenvalue weighted by molar-refractivity contribution is 0.0910. The van der Waals surface area contributed by atoms with Crippen molar-refractivity contribution < 1.29 is 14.6 Å². The van der Waals surface area contributed by atoms with E-state index >= 15 is 0 Å². The number of amides is 1. The first-order chi connectivity index (χ1) is 17.3. The number of aliphatic hydroxyl groups is 1. The first kappa shape index (κ1) is 25.7. The normalized spacial score (nSPS) is 11.7. The van der Waals surface area contributed by atoms with Gasteiger partial charge in [0, 0.05) is 38.3 Å². The van der Waals surface area contributed by atoms with Crippen molar-refractivity contribution in [2.45, 2.75) is 32.4 Å². The number of fused-ring (bicyclic) bond motifs is 1. The van der Waals surface area contributed by atoms with Crippen molar-refractivity contribution >= 4 is 40.0 Å². The van der Waals surface area contributed by atoms with Crippen LogP contribution in [0.1, 0.15) is 40.9 Å². The summed E-state index contributed by atoms with van der Waals surface area (Å²) in [5.74, 6) is 6.19. The number of nitrogens with one attached hydrogen (secondary N) is 2. The van der Waals surface area contributed by atoms with Crippen LogP contribution in [0.3, 0.4) is 0 Å². The van der Waals surface area contributed by atoms with E-state index in [-0.39, 0.29) is 18.6 Å². The Balaban J connectivity index is 1.59. The highest BCUT2D eigenvalue weighted by Crippen LogP contribution is 2.23. The van der Waals surface area contributed by atoms with Crippen LogP contribution in [0.25, 0.3) is 10.9 Å². The average Bonchev–Trinajstić information content (AvgIpc) is 3.24. The molecule has 0 aliphatic rings. The SMILES string of the molecule is CC(C)Oc1ccc(C#Cc2cc(Cl)cc(Cl)c2)cc1C(=O)NC(CO)Cc1c[nH]c2ccccc12. The summed E-state index contributed by atoms with van der Waals surface area (Å²) in [6.07, 6.45) is 2.26. The van der Waals surface area contributed by atoms with Gasteiger partial charge in [-0.3, -0.25) is 4.79 Å². The van der Waals surface area contributed by atoms with Gasteiger partial charge in [0.25, 0.3) is 5.91 Å². The number of H-pyrrole nitrogens is 1. The molecule has 0 saturated heterocycles. The van der Waals surface area contributed by atoms with Crippen LogP contribution in [0.4, 0.5) is 0 Å². The van der Waals surface area contributed by atoms with Crippen molar-refractivity contribution in [2.75, 3.05) is 6.61 Å². The molecule has 1 heterocycles. The Kier molecular flexibility index (Phi) is 8.22. The molecule has 0 spiro atoms. The molecular weight excluding hydrogens is 495 g/mol. The van der Waals surface area contributed by atoms with Gasteiger partial charge in [-0.05, 0) is 68.3 Å². The van der Waals surface area contributed by atoms with Gasteiger partial charge in [0.1, 0.15) is 5.75 Å². The number of benzene rings is 3. The van der Waals surface area contributed by atoms with E-state index in [4.69, 9.17) is 27.9 Å². The van der Waals surface area contributed by atoms with E-state index in [1.165, 1.54) is 0 Å². The minimum absolute atomic E-state index is 0.123. The molecule has 5 nitrogen and oxygen atoms in total. The van der Waals surface area contributed by atoms with E-state index in [0.717, 1.165) is 16.5 Å². The molecule has 0 bridgehead atoms. The van der Waals surface area contributed by atoms with Crippen LogP contribution < -0.4 is 10.1 Å². The zero-order valence-corrected chi connectivity index (χ0v) is 21.5. The molecule has 1 aromatic heterocycles. The van der Waals surface area contributed by atoms with Gasteiger partial charge < -0.3 is 20.1 Å². The maximum absolute atomic E-state index is 13.3. The Hall–Kier alpha value is -3.43. The summed E-state index contributed by atoms with van der Waals surface area (Å²) in [6, 6.07) is 17.8. The molecule has 4 rings (SSSR count). The summed E-state index contributed by atoms with van der Waals surface area (Å²) >= 11 is 12.1. The number of para-hydroxylation sites is 1. The molecule has 0 aliphatic carbocycles. The molecule has 0 radical (unpaired) electrons. The molecule has 0 fully saturated rings. The summed E-state index contributed by atoms with van der Waals surface area (Å²) in [5.41, 5.74) is 3.67. The van der Waals surface area contributed by atoms with Crippen LogP contribution in [-0.2, 0) is 6.42 Å². The molecule has 184 valence electrons. The Morgan fingerprint density at radius 1 is 1.03 bits per heavy atom. The highest BCUT2D eigenvalue weighted by molar-refractivity contribution is 6.34. The smallest absolute Gasteiger partial charge is 0.255 e. The summed E-state index contributed by atoms with van der Waals surface area (Å²) in [7, 11) is 0.